The summed E-state index contributed by atoms with van der Waals surface area (Å²) in [5.74, 6) is 1.47. The molecule has 3 N–H and O–H groups in total. The van der Waals surface area contributed by atoms with Crippen LogP contribution in [0.4, 0.5) is 5.82 Å². The summed E-state index contributed by atoms with van der Waals surface area (Å²) in [6.45, 7) is 6.81. The van der Waals surface area contributed by atoms with Crippen molar-refractivity contribution in [2.45, 2.75) is 32.6 Å². The molecule has 8 nitrogen and oxygen atoms in total. The van der Waals surface area contributed by atoms with Crippen molar-refractivity contribution in [1.82, 2.24) is 29.6 Å². The van der Waals surface area contributed by atoms with Crippen LogP contribution in [-0.4, -0.2) is 54.9 Å². The highest BCUT2D eigenvalue weighted by atomic mass is 32.1. The molecule has 28 heavy (non-hydrogen) atoms. The average molecular weight is 398 g/mol. The largest absolute Gasteiger partial charge is 0.382 e. The summed E-state index contributed by atoms with van der Waals surface area (Å²) in [5.41, 5.74) is 9.96. The van der Waals surface area contributed by atoms with Gasteiger partial charge in [-0.1, -0.05) is 0 Å². The number of nitrogens with one attached hydrogen (secondary N) is 1. The molecule has 2 atom stereocenters. The Morgan fingerprint density at radius 2 is 2.07 bits per heavy atom. The van der Waals surface area contributed by atoms with Crippen LogP contribution >= 0.6 is 11.3 Å². The van der Waals surface area contributed by atoms with Crippen molar-refractivity contribution in [1.29, 1.82) is 0 Å². The summed E-state index contributed by atoms with van der Waals surface area (Å²) in [7, 11) is 2.06. The standard InChI is InChI=1S/C19H23N7OS/c1-10-7-26(8-11(2)27-10)9-15-23-16-17(25(15)3)18-13(22-19(16)20)6-14(28-18)12-4-5-21-24-12/h4-6,10-11H,7-9H2,1-3H3,(H2,20,22)(H,21,24). The number of aromatic amines is 1. The minimum absolute atomic E-state index is 0.228. The van der Waals surface area contributed by atoms with E-state index in [4.69, 9.17) is 15.5 Å². The van der Waals surface area contributed by atoms with Crippen molar-refractivity contribution >= 4 is 38.4 Å². The van der Waals surface area contributed by atoms with E-state index in [1.54, 1.807) is 17.5 Å². The van der Waals surface area contributed by atoms with E-state index in [0.29, 0.717) is 5.82 Å². The Kier molecular flexibility index (Phi) is 4.11. The molecule has 0 bridgehead atoms. The Hall–Kier alpha value is -2.49. The van der Waals surface area contributed by atoms with E-state index >= 15 is 0 Å². The summed E-state index contributed by atoms with van der Waals surface area (Å²) in [4.78, 5) is 12.9. The van der Waals surface area contributed by atoms with E-state index in [0.717, 1.165) is 57.3 Å². The zero-order chi connectivity index (χ0) is 19.4. The molecule has 1 aliphatic heterocycles. The van der Waals surface area contributed by atoms with Crippen molar-refractivity contribution in [2.75, 3.05) is 18.8 Å². The minimum Gasteiger partial charge on any atom is -0.382 e. The molecule has 4 aromatic heterocycles. The number of H-pyrrole nitrogens is 1. The van der Waals surface area contributed by atoms with Crippen LogP contribution in [0, 0.1) is 0 Å². The first-order chi connectivity index (χ1) is 13.5. The van der Waals surface area contributed by atoms with Crippen LogP contribution in [-0.2, 0) is 18.3 Å². The molecule has 9 heteroatoms. The maximum atomic E-state index is 6.27. The fourth-order valence-electron chi connectivity index (χ4n) is 4.08. The topological polar surface area (TPSA) is 97.9 Å². The predicted octanol–water partition coefficient (Wildman–Crippen LogP) is 2.76. The number of nitrogens with zero attached hydrogens (tertiary/aromatic N) is 5. The number of nitrogens with two attached hydrogens (primary N) is 1. The molecular weight excluding hydrogens is 374 g/mol. The Balaban J connectivity index is 1.59. The predicted molar refractivity (Wildman–Crippen MR) is 111 cm³/mol. The van der Waals surface area contributed by atoms with Crippen LogP contribution < -0.4 is 5.73 Å². The van der Waals surface area contributed by atoms with Gasteiger partial charge >= 0.3 is 0 Å². The summed E-state index contributed by atoms with van der Waals surface area (Å²) in [6.07, 6.45) is 2.21. The zero-order valence-corrected chi connectivity index (χ0v) is 17.0. The SMILES string of the molecule is CC1CN(Cc2nc3c(N)nc4cc(-c5ccn[nH]5)sc4c3n2C)CC(C)O1. The van der Waals surface area contributed by atoms with Gasteiger partial charge in [0.25, 0.3) is 0 Å². The van der Waals surface area contributed by atoms with E-state index in [-0.39, 0.29) is 12.2 Å². The molecule has 1 saturated heterocycles. The van der Waals surface area contributed by atoms with E-state index in [9.17, 15) is 0 Å². The third-order valence-corrected chi connectivity index (χ3v) is 6.39. The van der Waals surface area contributed by atoms with Crippen LogP contribution in [0.3, 0.4) is 0 Å². The number of hydrogen-bond donors (Lipinski definition) is 2. The third kappa shape index (κ3) is 2.86. The monoisotopic (exact) mass is 397 g/mol. The van der Waals surface area contributed by atoms with E-state index in [1.165, 1.54) is 0 Å². The number of anilines is 1. The maximum absolute atomic E-state index is 6.27. The Morgan fingerprint density at radius 3 is 2.79 bits per heavy atom. The van der Waals surface area contributed by atoms with Crippen molar-refractivity contribution in [3.05, 3.63) is 24.2 Å². The van der Waals surface area contributed by atoms with Crippen LogP contribution in [0.2, 0.25) is 0 Å². The highest BCUT2D eigenvalue weighted by Crippen LogP contribution is 2.37. The maximum Gasteiger partial charge on any atom is 0.152 e. The molecule has 0 aliphatic carbocycles. The molecule has 146 valence electrons. The second-order valence-corrected chi connectivity index (χ2v) is 8.58. The van der Waals surface area contributed by atoms with Crippen LogP contribution in [0.25, 0.3) is 31.8 Å². The average Bonchev–Trinajstić information content (AvgIpc) is 3.34. The Morgan fingerprint density at radius 1 is 1.29 bits per heavy atom. The number of thiophene rings is 1. The molecule has 5 heterocycles. The van der Waals surface area contributed by atoms with E-state index in [1.807, 2.05) is 6.07 Å². The molecule has 0 radical (unpaired) electrons. The van der Waals surface area contributed by atoms with E-state index < -0.39 is 0 Å². The van der Waals surface area contributed by atoms with Gasteiger partial charge in [-0.05, 0) is 26.0 Å². The number of ether oxygens (including phenoxy) is 1. The fraction of sp³-hybridized carbons (Fsp3) is 0.421. The summed E-state index contributed by atoms with van der Waals surface area (Å²) in [5, 5.41) is 7.07. The number of imidazole rings is 1. The number of nitrogen functional groups attached to an aromatic ring is 1. The highest BCUT2D eigenvalue weighted by molar-refractivity contribution is 7.23. The lowest BCUT2D eigenvalue weighted by molar-refractivity contribution is -0.0712. The second-order valence-electron chi connectivity index (χ2n) is 7.53. The first-order valence-corrected chi connectivity index (χ1v) is 10.2. The number of pyridine rings is 1. The van der Waals surface area contributed by atoms with Crippen molar-refractivity contribution in [3.63, 3.8) is 0 Å². The smallest absolute Gasteiger partial charge is 0.152 e. The molecule has 0 aromatic carbocycles. The first-order valence-electron chi connectivity index (χ1n) is 9.41. The van der Waals surface area contributed by atoms with Gasteiger partial charge in [0.05, 0.1) is 45.1 Å². The van der Waals surface area contributed by atoms with Crippen molar-refractivity contribution in [3.8, 4) is 10.6 Å². The number of fused-ring (bicyclic) bond motifs is 3. The van der Waals surface area contributed by atoms with Gasteiger partial charge < -0.3 is 15.0 Å². The lowest BCUT2D eigenvalue weighted by Gasteiger charge is -2.34. The molecule has 4 aromatic rings. The summed E-state index contributed by atoms with van der Waals surface area (Å²) >= 11 is 1.68. The fourth-order valence-corrected chi connectivity index (χ4v) is 5.23. The molecule has 1 fully saturated rings. The lowest BCUT2D eigenvalue weighted by atomic mass is 10.2. The van der Waals surface area contributed by atoms with Gasteiger partial charge in [-0.25, -0.2) is 9.97 Å². The Bertz CT molecular complexity index is 1140. The van der Waals surface area contributed by atoms with Gasteiger partial charge in [0.15, 0.2) is 5.82 Å². The van der Waals surface area contributed by atoms with Crippen LogP contribution in [0.1, 0.15) is 19.7 Å². The highest BCUT2D eigenvalue weighted by Gasteiger charge is 2.25. The normalized spacial score (nSPS) is 21.1. The van der Waals surface area contributed by atoms with Gasteiger partial charge in [0.2, 0.25) is 0 Å². The molecule has 5 rings (SSSR count). The zero-order valence-electron chi connectivity index (χ0n) is 16.1. The van der Waals surface area contributed by atoms with Gasteiger partial charge in [-0.2, -0.15) is 5.10 Å². The lowest BCUT2D eigenvalue weighted by Crippen LogP contribution is -2.45. The molecule has 0 spiro atoms. The molecular formula is C19H23N7OS. The number of morpholine rings is 1. The van der Waals surface area contributed by atoms with Gasteiger partial charge in [0, 0.05) is 26.3 Å². The minimum atomic E-state index is 0.228. The first kappa shape index (κ1) is 17.6. The Labute approximate surface area is 166 Å². The van der Waals surface area contributed by atoms with Crippen molar-refractivity contribution in [2.24, 2.45) is 7.05 Å². The number of aromatic nitrogens is 5. The number of rotatable bonds is 3. The van der Waals surface area contributed by atoms with Crippen LogP contribution in [0.15, 0.2) is 18.3 Å². The van der Waals surface area contributed by atoms with Crippen LogP contribution in [0.5, 0.6) is 0 Å². The quantitative estimate of drug-likeness (QED) is 0.552. The molecule has 0 saturated carbocycles. The van der Waals surface area contributed by atoms with Gasteiger partial charge in [-0.15, -0.1) is 11.3 Å². The summed E-state index contributed by atoms with van der Waals surface area (Å²) < 4.78 is 9.11. The molecule has 2 unspecified atom stereocenters. The summed E-state index contributed by atoms with van der Waals surface area (Å²) in [6, 6.07) is 4.02. The molecule has 0 amide bonds. The van der Waals surface area contributed by atoms with Crippen molar-refractivity contribution < 1.29 is 4.74 Å². The molecule has 1 aliphatic rings. The van der Waals surface area contributed by atoms with Gasteiger partial charge in [0.1, 0.15) is 11.3 Å². The number of hydrogen-bond acceptors (Lipinski definition) is 7. The van der Waals surface area contributed by atoms with Gasteiger partial charge in [-0.3, -0.25) is 10.00 Å². The third-order valence-electron chi connectivity index (χ3n) is 5.23. The van der Waals surface area contributed by atoms with E-state index in [2.05, 4.69) is 51.6 Å². The number of aryl methyl sites for hydroxylation is 1. The second kappa shape index (κ2) is 6.54.